The minimum atomic E-state index is -0.378. The van der Waals surface area contributed by atoms with Crippen molar-refractivity contribution in [1.29, 1.82) is 0 Å². The summed E-state index contributed by atoms with van der Waals surface area (Å²) in [5.74, 6) is 0.613. The van der Waals surface area contributed by atoms with Crippen LogP contribution in [0.2, 0.25) is 0 Å². The van der Waals surface area contributed by atoms with Crippen LogP contribution in [0.3, 0.4) is 0 Å². The number of nitrogens with one attached hydrogen (secondary N) is 1. The van der Waals surface area contributed by atoms with E-state index in [2.05, 4.69) is 22.3 Å². The number of carbonyl (C=O) groups excluding carboxylic acids is 1. The van der Waals surface area contributed by atoms with Crippen molar-refractivity contribution in [2.75, 3.05) is 20.6 Å². The molecule has 1 aromatic carbocycles. The summed E-state index contributed by atoms with van der Waals surface area (Å²) in [5.41, 5.74) is 7.33. The predicted molar refractivity (Wildman–Crippen MR) is 95.0 cm³/mol. The molecule has 1 fully saturated rings. The molecule has 0 radical (unpaired) electrons. The molecule has 2 unspecified atom stereocenters. The Hall–Kier alpha value is -1.39. The molecule has 0 aromatic heterocycles. The summed E-state index contributed by atoms with van der Waals surface area (Å²) in [5, 5.41) is 3.05. The minimum absolute atomic E-state index is 0.0154. The number of nitrogens with two attached hydrogens (primary N) is 1. The smallest absolute Gasteiger partial charge is 0.236 e. The van der Waals surface area contributed by atoms with Gasteiger partial charge in [-0.25, -0.2) is 0 Å². The first-order valence-corrected chi connectivity index (χ1v) is 8.82. The molecule has 23 heavy (non-hydrogen) atoms. The summed E-state index contributed by atoms with van der Waals surface area (Å²) in [6.45, 7) is 0.591. The van der Waals surface area contributed by atoms with E-state index in [1.165, 1.54) is 37.7 Å². The summed E-state index contributed by atoms with van der Waals surface area (Å²) in [4.78, 5) is 14.4. The summed E-state index contributed by atoms with van der Waals surface area (Å²) < 4.78 is 0. The van der Waals surface area contributed by atoms with Crippen LogP contribution >= 0.6 is 0 Å². The first-order valence-electron chi connectivity index (χ1n) is 8.82. The van der Waals surface area contributed by atoms with E-state index in [-0.39, 0.29) is 18.0 Å². The van der Waals surface area contributed by atoms with E-state index in [0.29, 0.717) is 12.5 Å². The molecule has 1 saturated carbocycles. The van der Waals surface area contributed by atoms with Gasteiger partial charge in [0.1, 0.15) is 0 Å². The number of hydrogen-bond donors (Lipinski definition) is 2. The fourth-order valence-electron chi connectivity index (χ4n) is 3.49. The molecule has 1 aliphatic rings. The average molecular weight is 317 g/mol. The van der Waals surface area contributed by atoms with Crippen LogP contribution in [0.15, 0.2) is 30.3 Å². The van der Waals surface area contributed by atoms with Gasteiger partial charge in [-0.2, -0.15) is 0 Å². The van der Waals surface area contributed by atoms with Crippen LogP contribution in [0.5, 0.6) is 0 Å². The maximum Gasteiger partial charge on any atom is 0.236 e. The summed E-state index contributed by atoms with van der Waals surface area (Å²) in [6, 6.07) is 10.1. The van der Waals surface area contributed by atoms with E-state index in [4.69, 9.17) is 5.73 Å². The normalized spacial score (nSPS) is 18.6. The number of likely N-dealkylation sites (N-methyl/N-ethyl adjacent to an activating group) is 1. The number of benzene rings is 1. The fraction of sp³-hybridized carbons (Fsp3) is 0.632. The van der Waals surface area contributed by atoms with Crippen molar-refractivity contribution in [1.82, 2.24) is 10.2 Å². The largest absolute Gasteiger partial charge is 0.353 e. The molecule has 0 heterocycles. The van der Waals surface area contributed by atoms with E-state index >= 15 is 0 Å². The molecular weight excluding hydrogens is 286 g/mol. The predicted octanol–water partition coefficient (Wildman–Crippen LogP) is 2.70. The van der Waals surface area contributed by atoms with Crippen molar-refractivity contribution in [2.45, 2.75) is 50.6 Å². The quantitative estimate of drug-likeness (QED) is 0.813. The van der Waals surface area contributed by atoms with Crippen molar-refractivity contribution >= 4 is 5.91 Å². The molecule has 4 heteroatoms. The third kappa shape index (κ3) is 5.63. The Morgan fingerprint density at radius 3 is 2.48 bits per heavy atom. The Balaban J connectivity index is 1.83. The molecule has 1 aliphatic carbocycles. The molecule has 2 atom stereocenters. The Morgan fingerprint density at radius 2 is 1.87 bits per heavy atom. The van der Waals surface area contributed by atoms with E-state index in [0.717, 1.165) is 6.42 Å². The van der Waals surface area contributed by atoms with Gasteiger partial charge in [0.05, 0.1) is 12.1 Å². The van der Waals surface area contributed by atoms with Crippen molar-refractivity contribution in [3.63, 3.8) is 0 Å². The molecule has 0 aliphatic heterocycles. The van der Waals surface area contributed by atoms with E-state index < -0.39 is 0 Å². The Labute approximate surface area is 140 Å². The molecule has 0 saturated heterocycles. The maximum absolute atomic E-state index is 12.3. The van der Waals surface area contributed by atoms with Gasteiger partial charge in [-0.15, -0.1) is 0 Å². The van der Waals surface area contributed by atoms with Gasteiger partial charge in [0.25, 0.3) is 0 Å². The SMILES string of the molecule is CN(C)C(CNC(=O)C(N)CC1CCCCC1)c1ccccc1. The van der Waals surface area contributed by atoms with Crippen molar-refractivity contribution in [3.8, 4) is 0 Å². The van der Waals surface area contributed by atoms with Crippen LogP contribution in [0.1, 0.15) is 50.1 Å². The van der Waals surface area contributed by atoms with Gasteiger partial charge >= 0.3 is 0 Å². The Bertz CT molecular complexity index is 469. The van der Waals surface area contributed by atoms with Gasteiger partial charge in [-0.05, 0) is 32.0 Å². The lowest BCUT2D eigenvalue weighted by Gasteiger charge is -2.27. The second-order valence-electron chi connectivity index (χ2n) is 6.98. The zero-order valence-corrected chi connectivity index (χ0v) is 14.5. The van der Waals surface area contributed by atoms with E-state index in [9.17, 15) is 4.79 Å². The van der Waals surface area contributed by atoms with Crippen molar-refractivity contribution < 1.29 is 4.79 Å². The molecule has 4 nitrogen and oxygen atoms in total. The third-order valence-electron chi connectivity index (χ3n) is 4.93. The highest BCUT2D eigenvalue weighted by Crippen LogP contribution is 2.27. The van der Waals surface area contributed by atoms with Crippen molar-refractivity contribution in [3.05, 3.63) is 35.9 Å². The number of hydrogen-bond acceptors (Lipinski definition) is 3. The minimum Gasteiger partial charge on any atom is -0.353 e. The van der Waals surface area contributed by atoms with Crippen LogP contribution < -0.4 is 11.1 Å². The lowest BCUT2D eigenvalue weighted by molar-refractivity contribution is -0.123. The third-order valence-corrected chi connectivity index (χ3v) is 4.93. The van der Waals surface area contributed by atoms with E-state index in [1.807, 2.05) is 32.3 Å². The van der Waals surface area contributed by atoms with Gasteiger partial charge in [-0.1, -0.05) is 62.4 Å². The molecule has 0 bridgehead atoms. The monoisotopic (exact) mass is 317 g/mol. The number of nitrogens with zero attached hydrogens (tertiary/aromatic N) is 1. The standard InChI is InChI=1S/C19H31N3O/c1-22(2)18(16-11-7-4-8-12-16)14-21-19(23)17(20)13-15-9-5-3-6-10-15/h4,7-8,11-12,15,17-18H,3,5-6,9-10,13-14,20H2,1-2H3,(H,21,23). The van der Waals surface area contributed by atoms with Crippen LogP contribution in [0.25, 0.3) is 0 Å². The summed E-state index contributed by atoms with van der Waals surface area (Å²) in [7, 11) is 4.07. The summed E-state index contributed by atoms with van der Waals surface area (Å²) >= 11 is 0. The second kappa shape index (κ2) is 9.04. The Kier molecular flexibility index (Phi) is 7.06. The van der Waals surface area contributed by atoms with Gasteiger partial charge in [0.15, 0.2) is 0 Å². The van der Waals surface area contributed by atoms with Gasteiger partial charge in [0, 0.05) is 6.54 Å². The number of amides is 1. The molecule has 1 aromatic rings. The fourth-order valence-corrected chi connectivity index (χ4v) is 3.49. The number of carbonyl (C=O) groups is 1. The second-order valence-corrected chi connectivity index (χ2v) is 6.98. The highest BCUT2D eigenvalue weighted by molar-refractivity contribution is 5.81. The van der Waals surface area contributed by atoms with E-state index in [1.54, 1.807) is 0 Å². The number of rotatable bonds is 7. The van der Waals surface area contributed by atoms with Gasteiger partial charge in [0.2, 0.25) is 5.91 Å². The first-order chi connectivity index (χ1) is 11.1. The van der Waals surface area contributed by atoms with Crippen molar-refractivity contribution in [2.24, 2.45) is 11.7 Å². The molecule has 3 N–H and O–H groups in total. The molecule has 2 rings (SSSR count). The lowest BCUT2D eigenvalue weighted by Crippen LogP contribution is -2.44. The maximum atomic E-state index is 12.3. The van der Waals surface area contributed by atoms with Crippen LogP contribution in [0, 0.1) is 5.92 Å². The molecular formula is C19H31N3O. The zero-order chi connectivity index (χ0) is 16.7. The van der Waals surface area contributed by atoms with Crippen LogP contribution in [-0.2, 0) is 4.79 Å². The molecule has 128 valence electrons. The lowest BCUT2D eigenvalue weighted by atomic mass is 9.85. The highest BCUT2D eigenvalue weighted by atomic mass is 16.2. The Morgan fingerprint density at radius 1 is 1.22 bits per heavy atom. The average Bonchev–Trinajstić information content (AvgIpc) is 2.56. The zero-order valence-electron chi connectivity index (χ0n) is 14.5. The van der Waals surface area contributed by atoms with Crippen LogP contribution in [0.4, 0.5) is 0 Å². The molecule has 0 spiro atoms. The first kappa shape index (κ1) is 18.0. The van der Waals surface area contributed by atoms with Gasteiger partial charge in [-0.3, -0.25) is 4.79 Å². The van der Waals surface area contributed by atoms with Gasteiger partial charge < -0.3 is 16.0 Å². The molecule has 1 amide bonds. The topological polar surface area (TPSA) is 58.4 Å². The van der Waals surface area contributed by atoms with Crippen LogP contribution in [-0.4, -0.2) is 37.5 Å². The highest BCUT2D eigenvalue weighted by Gasteiger charge is 2.22. The summed E-state index contributed by atoms with van der Waals surface area (Å²) in [6.07, 6.45) is 7.19.